The molecule has 0 spiro atoms. The highest BCUT2D eigenvalue weighted by molar-refractivity contribution is 9.10. The maximum atomic E-state index is 12.2. The summed E-state index contributed by atoms with van der Waals surface area (Å²) in [5.74, 6) is 0.0410. The summed E-state index contributed by atoms with van der Waals surface area (Å²) < 4.78 is 6.17. The number of phenolic OH excluding ortho intramolecular Hbond substituents is 1. The molecule has 2 aromatic carbocycles. The molecule has 0 unspecified atom stereocenters. The first kappa shape index (κ1) is 15.8. The third-order valence-electron chi connectivity index (χ3n) is 3.49. The summed E-state index contributed by atoms with van der Waals surface area (Å²) in [4.78, 5) is 12.2. The number of anilines is 2. The molecule has 0 bridgehead atoms. The number of benzene rings is 2. The van der Waals surface area contributed by atoms with Crippen LogP contribution in [-0.4, -0.2) is 15.3 Å². The molecule has 0 atom stereocenters. The molecule has 8 heteroatoms. The molecule has 0 radical (unpaired) electrons. The van der Waals surface area contributed by atoms with Gasteiger partial charge < -0.3 is 14.8 Å². The van der Waals surface area contributed by atoms with Gasteiger partial charge in [0.15, 0.2) is 5.01 Å². The van der Waals surface area contributed by atoms with Gasteiger partial charge >= 0.3 is 5.63 Å². The van der Waals surface area contributed by atoms with Crippen molar-refractivity contribution in [3.05, 3.63) is 63.4 Å². The maximum Gasteiger partial charge on any atom is 0.346 e. The van der Waals surface area contributed by atoms with E-state index < -0.39 is 5.63 Å². The monoisotopic (exact) mass is 415 g/mol. The number of nitrogens with one attached hydrogen (secondary N) is 1. The molecule has 0 aliphatic rings. The summed E-state index contributed by atoms with van der Waals surface area (Å²) in [6.45, 7) is 0. The van der Waals surface area contributed by atoms with Crippen molar-refractivity contribution in [3.63, 3.8) is 0 Å². The Labute approximate surface area is 153 Å². The molecule has 6 nitrogen and oxygen atoms in total. The summed E-state index contributed by atoms with van der Waals surface area (Å²) in [5.41, 5.74) is 0.980. The van der Waals surface area contributed by atoms with Crippen LogP contribution in [-0.2, 0) is 0 Å². The lowest BCUT2D eigenvalue weighted by Crippen LogP contribution is -2.02. The van der Waals surface area contributed by atoms with Crippen molar-refractivity contribution in [1.29, 1.82) is 0 Å². The summed E-state index contributed by atoms with van der Waals surface area (Å²) >= 11 is 4.71. The second-order valence-electron chi connectivity index (χ2n) is 5.19. The number of halogens is 1. The molecule has 0 amide bonds. The Morgan fingerprint density at radius 1 is 1.12 bits per heavy atom. The minimum atomic E-state index is -0.526. The van der Waals surface area contributed by atoms with E-state index in [2.05, 4.69) is 31.4 Å². The molecule has 4 rings (SSSR count). The number of nitrogens with zero attached hydrogens (tertiary/aromatic N) is 2. The summed E-state index contributed by atoms with van der Waals surface area (Å²) in [5, 5.41) is 22.5. The van der Waals surface area contributed by atoms with Crippen molar-refractivity contribution in [3.8, 4) is 16.3 Å². The SMILES string of the molecule is O=c1oc2cc(O)ccc2cc1-c1nnc(Nc2ccccc2Br)s1. The first-order valence-corrected chi connectivity index (χ1v) is 8.83. The van der Waals surface area contributed by atoms with E-state index in [4.69, 9.17) is 4.42 Å². The van der Waals surface area contributed by atoms with Crippen LogP contribution in [0.3, 0.4) is 0 Å². The molecule has 2 aromatic heterocycles. The van der Waals surface area contributed by atoms with Crippen LogP contribution >= 0.6 is 27.3 Å². The predicted molar refractivity (Wildman–Crippen MR) is 100 cm³/mol. The molecule has 0 aliphatic carbocycles. The van der Waals surface area contributed by atoms with Crippen LogP contribution in [0.1, 0.15) is 0 Å². The van der Waals surface area contributed by atoms with Crippen LogP contribution in [0.15, 0.2) is 62.2 Å². The van der Waals surface area contributed by atoms with Gasteiger partial charge in [0.2, 0.25) is 5.13 Å². The fourth-order valence-electron chi connectivity index (χ4n) is 2.31. The summed E-state index contributed by atoms with van der Waals surface area (Å²) in [6, 6.07) is 13.9. The molecule has 0 saturated heterocycles. The average Bonchev–Trinajstić information content (AvgIpc) is 3.04. The third-order valence-corrected chi connectivity index (χ3v) is 5.05. The lowest BCUT2D eigenvalue weighted by atomic mass is 10.2. The van der Waals surface area contributed by atoms with E-state index in [9.17, 15) is 9.90 Å². The van der Waals surface area contributed by atoms with Crippen molar-refractivity contribution in [2.45, 2.75) is 0 Å². The minimum Gasteiger partial charge on any atom is -0.508 e. The van der Waals surface area contributed by atoms with Gasteiger partial charge in [0.1, 0.15) is 11.3 Å². The van der Waals surface area contributed by atoms with Gasteiger partial charge in [0.25, 0.3) is 0 Å². The van der Waals surface area contributed by atoms with Gasteiger partial charge in [-0.2, -0.15) is 0 Å². The Morgan fingerprint density at radius 3 is 2.80 bits per heavy atom. The number of hydrogen-bond donors (Lipinski definition) is 2. The van der Waals surface area contributed by atoms with Crippen molar-refractivity contribution in [2.24, 2.45) is 0 Å². The molecule has 4 aromatic rings. The van der Waals surface area contributed by atoms with Crippen LogP contribution in [0.4, 0.5) is 10.8 Å². The van der Waals surface area contributed by atoms with E-state index in [0.717, 1.165) is 10.2 Å². The second kappa shape index (κ2) is 6.30. The van der Waals surface area contributed by atoms with E-state index in [1.165, 1.54) is 23.5 Å². The van der Waals surface area contributed by atoms with Gasteiger partial charge in [-0.15, -0.1) is 10.2 Å². The van der Waals surface area contributed by atoms with E-state index in [1.807, 2.05) is 24.3 Å². The van der Waals surface area contributed by atoms with Crippen LogP contribution in [0, 0.1) is 0 Å². The highest BCUT2D eigenvalue weighted by Crippen LogP contribution is 2.31. The number of hydrogen-bond acceptors (Lipinski definition) is 7. The van der Waals surface area contributed by atoms with Crippen LogP contribution in [0.2, 0.25) is 0 Å². The minimum absolute atomic E-state index is 0.0410. The quantitative estimate of drug-likeness (QED) is 0.478. The van der Waals surface area contributed by atoms with Crippen molar-refractivity contribution >= 4 is 49.1 Å². The van der Waals surface area contributed by atoms with E-state index in [-0.39, 0.29) is 5.75 Å². The molecular formula is C17H10BrN3O3S. The lowest BCUT2D eigenvalue weighted by Gasteiger charge is -2.03. The van der Waals surface area contributed by atoms with Gasteiger partial charge in [0.05, 0.1) is 11.3 Å². The van der Waals surface area contributed by atoms with E-state index in [0.29, 0.717) is 26.7 Å². The Kier molecular flexibility index (Phi) is 3.98. The van der Waals surface area contributed by atoms with Gasteiger partial charge in [-0.25, -0.2) is 4.79 Å². The number of para-hydroxylation sites is 1. The van der Waals surface area contributed by atoms with Crippen LogP contribution in [0.25, 0.3) is 21.5 Å². The van der Waals surface area contributed by atoms with E-state index in [1.54, 1.807) is 12.1 Å². The van der Waals surface area contributed by atoms with E-state index >= 15 is 0 Å². The van der Waals surface area contributed by atoms with Crippen LogP contribution in [0.5, 0.6) is 5.75 Å². The first-order chi connectivity index (χ1) is 12.1. The van der Waals surface area contributed by atoms with Crippen molar-refractivity contribution < 1.29 is 9.52 Å². The number of phenols is 1. The smallest absolute Gasteiger partial charge is 0.346 e. The Bertz CT molecular complexity index is 1140. The molecule has 0 fully saturated rings. The maximum absolute atomic E-state index is 12.2. The average molecular weight is 416 g/mol. The fraction of sp³-hybridized carbons (Fsp3) is 0. The molecular weight excluding hydrogens is 406 g/mol. The fourth-order valence-corrected chi connectivity index (χ4v) is 3.45. The summed E-state index contributed by atoms with van der Waals surface area (Å²) in [6.07, 6.45) is 0. The van der Waals surface area contributed by atoms with Gasteiger partial charge in [0, 0.05) is 15.9 Å². The largest absolute Gasteiger partial charge is 0.508 e. The Morgan fingerprint density at radius 2 is 1.96 bits per heavy atom. The Balaban J connectivity index is 1.71. The lowest BCUT2D eigenvalue weighted by molar-refractivity contribution is 0.473. The number of aromatic nitrogens is 2. The zero-order valence-electron chi connectivity index (χ0n) is 12.6. The van der Waals surface area contributed by atoms with Gasteiger partial charge in [-0.1, -0.05) is 23.5 Å². The standard InChI is InChI=1S/C17H10BrN3O3S/c18-12-3-1-2-4-13(12)19-17-21-20-15(25-17)11-7-9-5-6-10(22)8-14(9)24-16(11)23/h1-8,22H,(H,19,21). The zero-order chi connectivity index (χ0) is 17.4. The Hall–Kier alpha value is -2.71. The predicted octanol–water partition coefficient (Wildman–Crippen LogP) is 4.52. The third kappa shape index (κ3) is 3.13. The van der Waals surface area contributed by atoms with Gasteiger partial charge in [-0.3, -0.25) is 0 Å². The first-order valence-electron chi connectivity index (χ1n) is 7.22. The molecule has 0 saturated carbocycles. The molecule has 25 heavy (non-hydrogen) atoms. The number of fused-ring (bicyclic) bond motifs is 1. The van der Waals surface area contributed by atoms with Crippen LogP contribution < -0.4 is 10.9 Å². The second-order valence-corrected chi connectivity index (χ2v) is 7.02. The topological polar surface area (TPSA) is 88.2 Å². The van der Waals surface area contributed by atoms with Crippen molar-refractivity contribution in [2.75, 3.05) is 5.32 Å². The molecule has 0 aliphatic heterocycles. The summed E-state index contributed by atoms with van der Waals surface area (Å²) in [7, 11) is 0. The van der Waals surface area contributed by atoms with Gasteiger partial charge in [-0.05, 0) is 46.3 Å². The zero-order valence-corrected chi connectivity index (χ0v) is 15.0. The normalized spacial score (nSPS) is 10.9. The number of aromatic hydroxyl groups is 1. The highest BCUT2D eigenvalue weighted by atomic mass is 79.9. The van der Waals surface area contributed by atoms with Crippen molar-refractivity contribution in [1.82, 2.24) is 10.2 Å². The molecule has 124 valence electrons. The molecule has 2 heterocycles. The number of rotatable bonds is 3. The highest BCUT2D eigenvalue weighted by Gasteiger charge is 2.14. The molecule has 2 N–H and O–H groups in total.